The van der Waals surface area contributed by atoms with Crippen LogP contribution in [0.1, 0.15) is 49.9 Å². The second-order valence-electron chi connectivity index (χ2n) is 5.78. The largest absolute Gasteiger partial charge is 0.339 e. The van der Waals surface area contributed by atoms with Crippen LogP contribution in [0.25, 0.3) is 0 Å². The number of hydrogen-bond acceptors (Lipinski definition) is 3. The number of amides is 1. The quantitative estimate of drug-likeness (QED) is 0.789. The van der Waals surface area contributed by atoms with E-state index in [-0.39, 0.29) is 17.5 Å². The predicted octanol–water partition coefficient (Wildman–Crippen LogP) is 2.53. The Hall–Kier alpha value is -1.47. The number of sulfonamides is 1. The molecule has 1 amide bonds. The number of nitrogens with zero attached hydrogens (tertiary/aromatic N) is 1. The SMILES string of the molecule is CCCCN(CC)C(=O)c1ccc(F)c(S(=O)(=O)NC2CC2)c1. The van der Waals surface area contributed by atoms with E-state index in [2.05, 4.69) is 4.72 Å². The highest BCUT2D eigenvalue weighted by Gasteiger charge is 2.30. The lowest BCUT2D eigenvalue weighted by Crippen LogP contribution is -2.32. The molecule has 0 bridgehead atoms. The molecule has 1 N–H and O–H groups in total. The number of carbonyl (C=O) groups excluding carboxylic acids is 1. The molecule has 0 heterocycles. The first kappa shape index (κ1) is 17.9. The molecule has 128 valence electrons. The lowest BCUT2D eigenvalue weighted by Gasteiger charge is -2.21. The highest BCUT2D eigenvalue weighted by Crippen LogP contribution is 2.24. The minimum atomic E-state index is -3.93. The van der Waals surface area contributed by atoms with E-state index in [0.717, 1.165) is 37.8 Å². The second kappa shape index (κ2) is 7.40. The maximum atomic E-state index is 13.9. The third-order valence-corrected chi connectivity index (χ3v) is 5.35. The van der Waals surface area contributed by atoms with Crippen molar-refractivity contribution in [3.8, 4) is 0 Å². The normalized spacial score (nSPS) is 14.7. The van der Waals surface area contributed by atoms with Gasteiger partial charge in [-0.25, -0.2) is 17.5 Å². The Morgan fingerprint density at radius 3 is 2.61 bits per heavy atom. The van der Waals surface area contributed by atoms with E-state index in [1.54, 1.807) is 4.90 Å². The maximum absolute atomic E-state index is 13.9. The molecule has 0 radical (unpaired) electrons. The Bertz CT molecular complexity index is 672. The third-order valence-electron chi connectivity index (χ3n) is 3.82. The van der Waals surface area contributed by atoms with Crippen molar-refractivity contribution < 1.29 is 17.6 Å². The molecule has 1 aromatic rings. The van der Waals surface area contributed by atoms with Crippen molar-refractivity contribution in [1.82, 2.24) is 9.62 Å². The van der Waals surface area contributed by atoms with E-state index in [1.807, 2.05) is 13.8 Å². The summed E-state index contributed by atoms with van der Waals surface area (Å²) >= 11 is 0. The minimum absolute atomic E-state index is 0.115. The van der Waals surface area contributed by atoms with Gasteiger partial charge >= 0.3 is 0 Å². The third kappa shape index (κ3) is 4.51. The summed E-state index contributed by atoms with van der Waals surface area (Å²) in [5.41, 5.74) is 0.195. The Morgan fingerprint density at radius 2 is 2.04 bits per heavy atom. The van der Waals surface area contributed by atoms with Gasteiger partial charge in [-0.2, -0.15) is 0 Å². The molecule has 1 aliphatic carbocycles. The van der Waals surface area contributed by atoms with Gasteiger partial charge in [0.25, 0.3) is 5.91 Å². The maximum Gasteiger partial charge on any atom is 0.253 e. The lowest BCUT2D eigenvalue weighted by atomic mass is 10.2. The van der Waals surface area contributed by atoms with Gasteiger partial charge in [0.05, 0.1) is 0 Å². The summed E-state index contributed by atoms with van der Waals surface area (Å²) < 4.78 is 40.8. The van der Waals surface area contributed by atoms with Gasteiger partial charge in [0.15, 0.2) is 0 Å². The van der Waals surface area contributed by atoms with Crippen LogP contribution in [0.3, 0.4) is 0 Å². The fourth-order valence-corrected chi connectivity index (χ4v) is 3.67. The molecule has 7 heteroatoms. The Balaban J connectivity index is 2.26. The Kier molecular flexibility index (Phi) is 5.75. The zero-order chi connectivity index (χ0) is 17.0. The molecule has 2 rings (SSSR count). The van der Waals surface area contributed by atoms with Crippen molar-refractivity contribution >= 4 is 15.9 Å². The number of unbranched alkanes of at least 4 members (excludes halogenated alkanes) is 1. The van der Waals surface area contributed by atoms with Crippen molar-refractivity contribution in [2.75, 3.05) is 13.1 Å². The second-order valence-corrected chi connectivity index (χ2v) is 7.46. The molecule has 1 aromatic carbocycles. The van der Waals surface area contributed by atoms with Crippen molar-refractivity contribution in [2.24, 2.45) is 0 Å². The van der Waals surface area contributed by atoms with Gasteiger partial charge in [0.1, 0.15) is 10.7 Å². The smallest absolute Gasteiger partial charge is 0.253 e. The highest BCUT2D eigenvalue weighted by atomic mass is 32.2. The van der Waals surface area contributed by atoms with Crippen LogP contribution in [0.15, 0.2) is 23.1 Å². The van der Waals surface area contributed by atoms with Crippen molar-refractivity contribution in [3.05, 3.63) is 29.6 Å². The zero-order valence-corrected chi connectivity index (χ0v) is 14.3. The van der Waals surface area contributed by atoms with Crippen LogP contribution in [-0.4, -0.2) is 38.4 Å². The molecule has 0 spiro atoms. The summed E-state index contributed by atoms with van der Waals surface area (Å²) in [6.07, 6.45) is 3.35. The summed E-state index contributed by atoms with van der Waals surface area (Å²) in [6.45, 7) is 5.03. The van der Waals surface area contributed by atoms with E-state index in [1.165, 1.54) is 6.07 Å². The molecule has 0 unspecified atom stereocenters. The number of hydrogen-bond donors (Lipinski definition) is 1. The fourth-order valence-electron chi connectivity index (χ4n) is 2.26. The van der Waals surface area contributed by atoms with Crippen LogP contribution in [-0.2, 0) is 10.0 Å². The van der Waals surface area contributed by atoms with Crippen LogP contribution in [0.4, 0.5) is 4.39 Å². The zero-order valence-electron chi connectivity index (χ0n) is 13.5. The van der Waals surface area contributed by atoms with Crippen LogP contribution in [0, 0.1) is 5.82 Å². The molecule has 0 aliphatic heterocycles. The molecule has 1 saturated carbocycles. The molecular formula is C16H23FN2O3S. The first-order valence-corrected chi connectivity index (χ1v) is 9.48. The highest BCUT2D eigenvalue weighted by molar-refractivity contribution is 7.89. The van der Waals surface area contributed by atoms with Crippen LogP contribution in [0.2, 0.25) is 0 Å². The average Bonchev–Trinajstić information content (AvgIpc) is 3.31. The molecule has 1 fully saturated rings. The lowest BCUT2D eigenvalue weighted by molar-refractivity contribution is 0.0762. The molecule has 5 nitrogen and oxygen atoms in total. The monoisotopic (exact) mass is 342 g/mol. The van der Waals surface area contributed by atoms with Gasteiger partial charge in [0, 0.05) is 24.7 Å². The van der Waals surface area contributed by atoms with Gasteiger partial charge in [-0.05, 0) is 44.4 Å². The van der Waals surface area contributed by atoms with Gasteiger partial charge in [0.2, 0.25) is 10.0 Å². The first-order chi connectivity index (χ1) is 10.9. The van der Waals surface area contributed by atoms with Crippen molar-refractivity contribution in [1.29, 1.82) is 0 Å². The standard InChI is InChI=1S/C16H23FN2O3S/c1-3-5-10-19(4-2)16(20)12-6-9-14(17)15(11-12)23(21,22)18-13-7-8-13/h6,9,11,13,18H,3-5,7-8,10H2,1-2H3. The molecule has 1 aliphatic rings. The Morgan fingerprint density at radius 1 is 1.35 bits per heavy atom. The van der Waals surface area contributed by atoms with Gasteiger partial charge in [-0.1, -0.05) is 13.3 Å². The van der Waals surface area contributed by atoms with E-state index < -0.39 is 20.7 Å². The van der Waals surface area contributed by atoms with Crippen LogP contribution in [0.5, 0.6) is 0 Å². The Labute approximate surface area is 136 Å². The molecule has 0 aromatic heterocycles. The summed E-state index contributed by atoms with van der Waals surface area (Å²) in [4.78, 5) is 13.7. The summed E-state index contributed by atoms with van der Waals surface area (Å²) in [5, 5.41) is 0. The number of halogens is 1. The van der Waals surface area contributed by atoms with Gasteiger partial charge < -0.3 is 4.90 Å². The van der Waals surface area contributed by atoms with Gasteiger partial charge in [-0.3, -0.25) is 4.79 Å². The number of benzene rings is 1. The molecular weight excluding hydrogens is 319 g/mol. The molecule has 0 saturated heterocycles. The minimum Gasteiger partial charge on any atom is -0.339 e. The van der Waals surface area contributed by atoms with E-state index in [0.29, 0.717) is 13.1 Å². The average molecular weight is 342 g/mol. The summed E-state index contributed by atoms with van der Waals surface area (Å²) in [7, 11) is -3.93. The number of carbonyl (C=O) groups is 1. The van der Waals surface area contributed by atoms with Crippen LogP contribution >= 0.6 is 0 Å². The fraction of sp³-hybridized carbons (Fsp3) is 0.562. The van der Waals surface area contributed by atoms with Crippen molar-refractivity contribution in [3.63, 3.8) is 0 Å². The van der Waals surface area contributed by atoms with E-state index in [4.69, 9.17) is 0 Å². The van der Waals surface area contributed by atoms with Crippen molar-refractivity contribution in [2.45, 2.75) is 50.5 Å². The number of nitrogens with one attached hydrogen (secondary N) is 1. The van der Waals surface area contributed by atoms with E-state index in [9.17, 15) is 17.6 Å². The summed E-state index contributed by atoms with van der Waals surface area (Å²) in [6, 6.07) is 3.40. The predicted molar refractivity (Wildman–Crippen MR) is 86.2 cm³/mol. The number of rotatable bonds is 8. The molecule has 0 atom stereocenters. The van der Waals surface area contributed by atoms with Gasteiger partial charge in [-0.15, -0.1) is 0 Å². The van der Waals surface area contributed by atoms with E-state index >= 15 is 0 Å². The molecule has 23 heavy (non-hydrogen) atoms. The first-order valence-electron chi connectivity index (χ1n) is 8.00. The summed E-state index contributed by atoms with van der Waals surface area (Å²) in [5.74, 6) is -1.12. The van der Waals surface area contributed by atoms with Crippen LogP contribution < -0.4 is 4.72 Å². The topological polar surface area (TPSA) is 66.5 Å².